The molecule has 138 valence electrons. The molecule has 1 aromatic carbocycles. The van der Waals surface area contributed by atoms with Crippen LogP contribution in [0.3, 0.4) is 0 Å². The number of benzene rings is 1. The van der Waals surface area contributed by atoms with Gasteiger partial charge in [0.25, 0.3) is 0 Å². The number of hydrogen-bond donors (Lipinski definition) is 3. The van der Waals surface area contributed by atoms with Crippen molar-refractivity contribution in [2.24, 2.45) is 0 Å². The van der Waals surface area contributed by atoms with E-state index in [-0.39, 0.29) is 12.1 Å². The number of allylic oxidation sites excluding steroid dienone is 1. The lowest BCUT2D eigenvalue weighted by molar-refractivity contribution is 0.250. The van der Waals surface area contributed by atoms with Gasteiger partial charge in [0, 0.05) is 25.8 Å². The van der Waals surface area contributed by atoms with E-state index in [1.807, 2.05) is 6.92 Å². The van der Waals surface area contributed by atoms with Crippen molar-refractivity contribution in [1.82, 2.24) is 9.62 Å². The molecule has 0 radical (unpaired) electrons. The first-order valence-electron chi connectivity index (χ1n) is 8.35. The summed E-state index contributed by atoms with van der Waals surface area (Å²) in [5.74, 6) is 0. The van der Waals surface area contributed by atoms with Gasteiger partial charge in [0.1, 0.15) is 0 Å². The second-order valence-electron chi connectivity index (χ2n) is 6.32. The van der Waals surface area contributed by atoms with Crippen LogP contribution in [0.5, 0.6) is 0 Å². The lowest BCUT2D eigenvalue weighted by Gasteiger charge is -2.21. The molecule has 0 aliphatic heterocycles. The summed E-state index contributed by atoms with van der Waals surface area (Å²) in [6.45, 7) is 1.97. The van der Waals surface area contributed by atoms with E-state index in [9.17, 15) is 13.2 Å². The molecule has 3 N–H and O–H groups in total. The number of nitrogens with zero attached hydrogens (tertiary/aromatic N) is 1. The minimum Gasteiger partial charge on any atom is -0.332 e. The maximum Gasteiger partial charge on any atom is 0.319 e. The van der Waals surface area contributed by atoms with Crippen LogP contribution in [0.1, 0.15) is 32.6 Å². The van der Waals surface area contributed by atoms with Gasteiger partial charge in [-0.05, 0) is 50.8 Å². The molecule has 0 saturated heterocycles. The summed E-state index contributed by atoms with van der Waals surface area (Å²) >= 11 is 0. The fourth-order valence-corrected chi connectivity index (χ4v) is 3.22. The van der Waals surface area contributed by atoms with E-state index in [0.717, 1.165) is 23.6 Å². The molecular formula is C17H26N4O3S. The zero-order chi connectivity index (χ0) is 18.4. The summed E-state index contributed by atoms with van der Waals surface area (Å²) in [4.78, 5) is 12.2. The molecular weight excluding hydrogens is 340 g/mol. The lowest BCUT2D eigenvalue weighted by Crippen LogP contribution is -2.37. The fourth-order valence-electron chi connectivity index (χ4n) is 2.61. The first-order chi connectivity index (χ1) is 11.8. The molecule has 1 atom stereocenters. The van der Waals surface area contributed by atoms with Crippen LogP contribution in [0.2, 0.25) is 0 Å². The van der Waals surface area contributed by atoms with Gasteiger partial charge in [-0.25, -0.2) is 4.79 Å². The van der Waals surface area contributed by atoms with E-state index in [0.29, 0.717) is 11.4 Å². The Morgan fingerprint density at radius 1 is 1.20 bits per heavy atom. The zero-order valence-electron chi connectivity index (χ0n) is 14.9. The predicted octanol–water partition coefficient (Wildman–Crippen LogP) is 2.92. The Balaban J connectivity index is 1.97. The van der Waals surface area contributed by atoms with Gasteiger partial charge < -0.3 is 10.6 Å². The van der Waals surface area contributed by atoms with Crippen LogP contribution in [0.25, 0.3) is 0 Å². The summed E-state index contributed by atoms with van der Waals surface area (Å²) in [6, 6.07) is 6.25. The van der Waals surface area contributed by atoms with E-state index >= 15 is 0 Å². The van der Waals surface area contributed by atoms with Gasteiger partial charge in [-0.15, -0.1) is 0 Å². The largest absolute Gasteiger partial charge is 0.332 e. The number of amides is 2. The minimum atomic E-state index is -3.58. The fraction of sp³-hybridized carbons (Fsp3) is 0.471. The number of hydrogen-bond acceptors (Lipinski definition) is 3. The SMILES string of the molecule is C[C@@H](NC(=O)Nc1cccc(NS(=O)(=O)N(C)C)c1)C1=CCCCC1. The molecule has 2 amide bonds. The number of rotatable bonds is 6. The Morgan fingerprint density at radius 2 is 1.92 bits per heavy atom. The Morgan fingerprint density at radius 3 is 2.56 bits per heavy atom. The van der Waals surface area contributed by atoms with Crippen LogP contribution in [0.15, 0.2) is 35.9 Å². The highest BCUT2D eigenvalue weighted by Gasteiger charge is 2.15. The number of nitrogens with one attached hydrogen (secondary N) is 3. The smallest absolute Gasteiger partial charge is 0.319 e. The summed E-state index contributed by atoms with van der Waals surface area (Å²) in [7, 11) is -0.695. The average molecular weight is 366 g/mol. The Hall–Kier alpha value is -2.06. The molecule has 0 heterocycles. The maximum absolute atomic E-state index is 12.2. The van der Waals surface area contributed by atoms with Gasteiger partial charge in [-0.3, -0.25) is 4.72 Å². The minimum absolute atomic E-state index is 0.0178. The molecule has 0 aromatic heterocycles. The molecule has 0 fully saturated rings. The van der Waals surface area contributed by atoms with Crippen LogP contribution < -0.4 is 15.4 Å². The molecule has 1 aliphatic rings. The van der Waals surface area contributed by atoms with Crippen molar-refractivity contribution in [3.63, 3.8) is 0 Å². The molecule has 0 unspecified atom stereocenters. The molecule has 1 aromatic rings. The number of carbonyl (C=O) groups is 1. The molecule has 0 bridgehead atoms. The third kappa shape index (κ3) is 5.75. The molecule has 7 nitrogen and oxygen atoms in total. The van der Waals surface area contributed by atoms with E-state index in [1.165, 1.54) is 26.1 Å². The van der Waals surface area contributed by atoms with E-state index in [4.69, 9.17) is 0 Å². The Kier molecular flexibility index (Phi) is 6.44. The highest BCUT2D eigenvalue weighted by Crippen LogP contribution is 2.20. The van der Waals surface area contributed by atoms with Crippen molar-refractivity contribution in [3.05, 3.63) is 35.9 Å². The average Bonchev–Trinajstić information content (AvgIpc) is 2.55. The van der Waals surface area contributed by atoms with Crippen molar-refractivity contribution in [2.75, 3.05) is 24.1 Å². The first kappa shape index (κ1) is 19.3. The number of carbonyl (C=O) groups excluding carboxylic acids is 1. The highest BCUT2D eigenvalue weighted by molar-refractivity contribution is 7.90. The van der Waals surface area contributed by atoms with Gasteiger partial charge in [-0.1, -0.05) is 17.7 Å². The third-order valence-electron chi connectivity index (χ3n) is 4.08. The maximum atomic E-state index is 12.2. The van der Waals surface area contributed by atoms with E-state index < -0.39 is 10.2 Å². The predicted molar refractivity (Wildman–Crippen MR) is 101 cm³/mol. The van der Waals surface area contributed by atoms with Gasteiger partial charge >= 0.3 is 16.2 Å². The Bertz CT molecular complexity index is 744. The molecule has 0 spiro atoms. The summed E-state index contributed by atoms with van der Waals surface area (Å²) in [5.41, 5.74) is 2.16. The van der Waals surface area contributed by atoms with Gasteiger partial charge in [0.05, 0.1) is 5.69 Å². The normalized spacial score (nSPS) is 16.1. The van der Waals surface area contributed by atoms with Crippen molar-refractivity contribution < 1.29 is 13.2 Å². The van der Waals surface area contributed by atoms with Crippen molar-refractivity contribution in [3.8, 4) is 0 Å². The van der Waals surface area contributed by atoms with Crippen molar-refractivity contribution >= 4 is 27.6 Å². The van der Waals surface area contributed by atoms with E-state index in [2.05, 4.69) is 21.4 Å². The standard InChI is InChI=1S/C17H26N4O3S/c1-13(14-8-5-4-6-9-14)18-17(22)19-15-10-7-11-16(12-15)20-25(23,24)21(2)3/h7-8,10-13,20H,4-6,9H2,1-3H3,(H2,18,19,22)/t13-/m1/s1. The second kappa shape index (κ2) is 8.35. The molecule has 0 saturated carbocycles. The third-order valence-corrected chi connectivity index (χ3v) is 5.53. The number of urea groups is 1. The monoisotopic (exact) mass is 366 g/mol. The summed E-state index contributed by atoms with van der Waals surface area (Å²) in [6.07, 6.45) is 6.65. The summed E-state index contributed by atoms with van der Waals surface area (Å²) < 4.78 is 27.2. The molecule has 2 rings (SSSR count). The lowest BCUT2D eigenvalue weighted by atomic mass is 9.95. The molecule has 8 heteroatoms. The molecule has 1 aliphatic carbocycles. The topological polar surface area (TPSA) is 90.5 Å². The highest BCUT2D eigenvalue weighted by atomic mass is 32.2. The van der Waals surface area contributed by atoms with Gasteiger partial charge in [-0.2, -0.15) is 12.7 Å². The summed E-state index contributed by atoms with van der Waals surface area (Å²) in [5, 5.41) is 5.66. The zero-order valence-corrected chi connectivity index (χ0v) is 15.7. The van der Waals surface area contributed by atoms with Crippen molar-refractivity contribution in [1.29, 1.82) is 0 Å². The van der Waals surface area contributed by atoms with Gasteiger partial charge in [0.15, 0.2) is 0 Å². The van der Waals surface area contributed by atoms with Crippen LogP contribution in [-0.4, -0.2) is 38.9 Å². The van der Waals surface area contributed by atoms with Crippen LogP contribution in [0.4, 0.5) is 16.2 Å². The van der Waals surface area contributed by atoms with Gasteiger partial charge in [0.2, 0.25) is 0 Å². The first-order valence-corrected chi connectivity index (χ1v) is 9.79. The molecule has 25 heavy (non-hydrogen) atoms. The van der Waals surface area contributed by atoms with Crippen LogP contribution >= 0.6 is 0 Å². The van der Waals surface area contributed by atoms with Crippen LogP contribution in [-0.2, 0) is 10.2 Å². The van der Waals surface area contributed by atoms with Crippen LogP contribution in [0, 0.1) is 0 Å². The number of anilines is 2. The second-order valence-corrected chi connectivity index (χ2v) is 8.20. The van der Waals surface area contributed by atoms with E-state index in [1.54, 1.807) is 24.3 Å². The van der Waals surface area contributed by atoms with Crippen molar-refractivity contribution in [2.45, 2.75) is 38.6 Å². The Labute approximate surface area is 149 Å². The quantitative estimate of drug-likeness (QED) is 0.676.